The lowest BCUT2D eigenvalue weighted by Gasteiger charge is -2.02. The van der Waals surface area contributed by atoms with E-state index in [1.165, 1.54) is 16.0 Å². The monoisotopic (exact) mass is 222 g/mol. The fraction of sp³-hybridized carbons (Fsp3) is 0.222. The maximum atomic E-state index is 11.6. The van der Waals surface area contributed by atoms with E-state index < -0.39 is 0 Å². The molecule has 0 aliphatic carbocycles. The molecule has 1 amide bonds. The molecule has 6 heteroatoms. The van der Waals surface area contributed by atoms with Crippen LogP contribution in [-0.2, 0) is 13.6 Å². The van der Waals surface area contributed by atoms with Crippen LogP contribution in [0.5, 0.6) is 0 Å². The van der Waals surface area contributed by atoms with Crippen LogP contribution >= 0.6 is 11.3 Å². The third-order valence-corrected chi connectivity index (χ3v) is 2.72. The molecule has 1 N–H and O–H groups in total. The largest absolute Gasteiger partial charge is 0.344 e. The fourth-order valence-electron chi connectivity index (χ4n) is 1.18. The molecule has 2 aromatic rings. The van der Waals surface area contributed by atoms with E-state index in [0.29, 0.717) is 12.2 Å². The van der Waals surface area contributed by atoms with Gasteiger partial charge in [0, 0.05) is 24.8 Å². The van der Waals surface area contributed by atoms with Gasteiger partial charge in [0.25, 0.3) is 5.91 Å². The molecule has 0 aliphatic heterocycles. The Morgan fingerprint density at radius 2 is 2.47 bits per heavy atom. The van der Waals surface area contributed by atoms with Crippen molar-refractivity contribution in [3.05, 3.63) is 34.5 Å². The molecule has 0 bridgehead atoms. The zero-order valence-corrected chi connectivity index (χ0v) is 8.99. The van der Waals surface area contributed by atoms with Gasteiger partial charge in [0.2, 0.25) is 0 Å². The van der Waals surface area contributed by atoms with Crippen molar-refractivity contribution >= 4 is 17.2 Å². The lowest BCUT2D eigenvalue weighted by Crippen LogP contribution is -2.24. The van der Waals surface area contributed by atoms with Crippen LogP contribution in [0.15, 0.2) is 23.8 Å². The summed E-state index contributed by atoms with van der Waals surface area (Å²) in [6.45, 7) is 0.460. The van der Waals surface area contributed by atoms with Gasteiger partial charge >= 0.3 is 0 Å². The summed E-state index contributed by atoms with van der Waals surface area (Å²) >= 11 is 1.52. The minimum Gasteiger partial charge on any atom is -0.344 e. The van der Waals surface area contributed by atoms with Crippen LogP contribution < -0.4 is 5.32 Å². The summed E-state index contributed by atoms with van der Waals surface area (Å²) < 4.78 is 1.54. The van der Waals surface area contributed by atoms with E-state index in [1.54, 1.807) is 25.5 Å². The summed E-state index contributed by atoms with van der Waals surface area (Å²) in [5.41, 5.74) is 0.548. The highest BCUT2D eigenvalue weighted by Gasteiger charge is 2.09. The Kier molecular flexibility index (Phi) is 2.77. The summed E-state index contributed by atoms with van der Waals surface area (Å²) in [6.07, 6.45) is 3.31. The number of hydrogen-bond donors (Lipinski definition) is 1. The number of amides is 1. The van der Waals surface area contributed by atoms with Gasteiger partial charge < -0.3 is 5.32 Å². The Hall–Kier alpha value is -1.69. The average Bonchev–Trinajstić information content (AvgIpc) is 2.84. The van der Waals surface area contributed by atoms with Gasteiger partial charge in [-0.1, -0.05) is 0 Å². The van der Waals surface area contributed by atoms with Gasteiger partial charge in [-0.25, -0.2) is 4.98 Å². The van der Waals surface area contributed by atoms with E-state index in [4.69, 9.17) is 0 Å². The molecule has 2 aromatic heterocycles. The van der Waals surface area contributed by atoms with E-state index in [2.05, 4.69) is 15.4 Å². The zero-order chi connectivity index (χ0) is 10.7. The van der Waals surface area contributed by atoms with Crippen LogP contribution in [0.3, 0.4) is 0 Å². The molecule has 15 heavy (non-hydrogen) atoms. The van der Waals surface area contributed by atoms with Crippen molar-refractivity contribution in [2.75, 3.05) is 0 Å². The first-order valence-electron chi connectivity index (χ1n) is 4.42. The summed E-state index contributed by atoms with van der Waals surface area (Å²) in [4.78, 5) is 15.7. The van der Waals surface area contributed by atoms with Crippen molar-refractivity contribution < 1.29 is 4.79 Å². The second kappa shape index (κ2) is 4.22. The van der Waals surface area contributed by atoms with E-state index in [-0.39, 0.29) is 5.91 Å². The van der Waals surface area contributed by atoms with Crippen LogP contribution in [0.1, 0.15) is 15.5 Å². The average molecular weight is 222 g/mol. The van der Waals surface area contributed by atoms with Gasteiger partial charge in [-0.05, 0) is 6.07 Å². The third-order valence-electron chi connectivity index (χ3n) is 1.94. The number of nitrogens with zero attached hydrogens (tertiary/aromatic N) is 3. The topological polar surface area (TPSA) is 59.8 Å². The number of rotatable bonds is 3. The second-order valence-corrected chi connectivity index (χ2v) is 3.93. The van der Waals surface area contributed by atoms with Gasteiger partial charge in [0.15, 0.2) is 0 Å². The van der Waals surface area contributed by atoms with Crippen molar-refractivity contribution in [2.45, 2.75) is 6.54 Å². The molecule has 78 valence electrons. The van der Waals surface area contributed by atoms with Gasteiger partial charge in [-0.3, -0.25) is 9.48 Å². The molecule has 0 aromatic carbocycles. The Balaban J connectivity index is 1.96. The number of carbonyl (C=O) groups excluding carboxylic acids is 1. The molecule has 0 radical (unpaired) electrons. The molecule has 0 spiro atoms. The first-order valence-corrected chi connectivity index (χ1v) is 5.30. The normalized spacial score (nSPS) is 10.2. The molecule has 0 saturated carbocycles. The summed E-state index contributed by atoms with van der Waals surface area (Å²) in [5.74, 6) is -0.134. The van der Waals surface area contributed by atoms with Crippen LogP contribution in [0.2, 0.25) is 0 Å². The van der Waals surface area contributed by atoms with E-state index >= 15 is 0 Å². The molecule has 0 fully saturated rings. The van der Waals surface area contributed by atoms with Crippen molar-refractivity contribution in [1.29, 1.82) is 0 Å². The molecule has 2 heterocycles. The molecule has 0 aliphatic rings. The van der Waals surface area contributed by atoms with Gasteiger partial charge in [0.05, 0.1) is 6.54 Å². The van der Waals surface area contributed by atoms with Crippen LogP contribution in [0.4, 0.5) is 0 Å². The lowest BCUT2D eigenvalue weighted by atomic mass is 10.4. The zero-order valence-electron chi connectivity index (χ0n) is 8.17. The number of thiazole rings is 1. The Labute approximate surface area is 90.8 Å². The van der Waals surface area contributed by atoms with Gasteiger partial charge in [-0.15, -0.1) is 11.3 Å². The van der Waals surface area contributed by atoms with Gasteiger partial charge in [0.1, 0.15) is 10.7 Å². The predicted octanol–water partition coefficient (Wildman–Crippen LogP) is 0.807. The summed E-state index contributed by atoms with van der Waals surface area (Å²) in [6, 6.07) is 1.68. The van der Waals surface area contributed by atoms with E-state index in [9.17, 15) is 4.79 Å². The Morgan fingerprint density at radius 3 is 3.07 bits per heavy atom. The molecular weight excluding hydrogens is 212 g/mol. The number of carbonyl (C=O) groups is 1. The van der Waals surface area contributed by atoms with Crippen molar-refractivity contribution in [1.82, 2.24) is 20.1 Å². The fourth-order valence-corrected chi connectivity index (χ4v) is 1.74. The Morgan fingerprint density at radius 1 is 1.60 bits per heavy atom. The lowest BCUT2D eigenvalue weighted by molar-refractivity contribution is 0.0941. The predicted molar refractivity (Wildman–Crippen MR) is 56.5 cm³/mol. The number of hydrogen-bond acceptors (Lipinski definition) is 4. The minimum absolute atomic E-state index is 0.134. The van der Waals surface area contributed by atoms with Crippen molar-refractivity contribution in [3.8, 4) is 0 Å². The number of aryl methyl sites for hydroxylation is 1. The number of aromatic nitrogens is 3. The maximum Gasteiger partial charge on any atom is 0.269 e. The minimum atomic E-state index is -0.134. The first kappa shape index (κ1) is 9.85. The number of nitrogens with one attached hydrogen (secondary N) is 1. The molecule has 5 nitrogen and oxygen atoms in total. The SMILES string of the molecule is Cn1nccc1C(=O)NCc1nccs1. The third kappa shape index (κ3) is 2.21. The summed E-state index contributed by atoms with van der Waals surface area (Å²) in [5, 5.41) is 9.48. The van der Waals surface area contributed by atoms with Crippen LogP contribution in [-0.4, -0.2) is 20.7 Å². The molecule has 2 rings (SSSR count). The van der Waals surface area contributed by atoms with E-state index in [1.807, 2.05) is 5.38 Å². The molecule has 0 saturated heterocycles. The summed E-state index contributed by atoms with van der Waals surface area (Å²) in [7, 11) is 1.73. The Bertz CT molecular complexity index is 448. The molecule has 0 atom stereocenters. The highest BCUT2D eigenvalue weighted by Crippen LogP contribution is 2.03. The van der Waals surface area contributed by atoms with Crippen LogP contribution in [0.25, 0.3) is 0 Å². The molecule has 0 unspecified atom stereocenters. The van der Waals surface area contributed by atoms with Crippen molar-refractivity contribution in [2.24, 2.45) is 7.05 Å². The smallest absolute Gasteiger partial charge is 0.269 e. The van der Waals surface area contributed by atoms with E-state index in [0.717, 1.165) is 5.01 Å². The van der Waals surface area contributed by atoms with Gasteiger partial charge in [-0.2, -0.15) is 5.10 Å². The standard InChI is InChI=1S/C9H10N4OS/c1-13-7(2-3-12-13)9(14)11-6-8-10-4-5-15-8/h2-5H,6H2,1H3,(H,11,14). The molecular formula is C9H10N4OS. The van der Waals surface area contributed by atoms with Crippen molar-refractivity contribution in [3.63, 3.8) is 0 Å². The van der Waals surface area contributed by atoms with Crippen LogP contribution in [0, 0.1) is 0 Å². The highest BCUT2D eigenvalue weighted by atomic mass is 32.1. The maximum absolute atomic E-state index is 11.6. The second-order valence-electron chi connectivity index (χ2n) is 2.95. The quantitative estimate of drug-likeness (QED) is 0.836. The first-order chi connectivity index (χ1) is 7.27. The highest BCUT2D eigenvalue weighted by molar-refractivity contribution is 7.09.